The molecule has 4 N–H and O–H groups in total. The SMILES string of the molecule is N=C(NC(=O)OCc1ccccc1)c1ccc(N2CCN(C(=O)N[C@H]3CC[C@H](C(=O)OCC(=O)N4CCCCC4)CC3)CC2)cc1.O=C(O)CCl. The van der Waals surface area contributed by atoms with Crippen molar-refractivity contribution in [3.8, 4) is 0 Å². The minimum atomic E-state index is -0.980. The molecule has 14 nitrogen and oxygen atoms in total. The summed E-state index contributed by atoms with van der Waals surface area (Å²) in [5.74, 6) is -1.98. The molecule has 4 amide bonds. The van der Waals surface area contributed by atoms with E-state index in [1.54, 1.807) is 17.0 Å². The zero-order valence-electron chi connectivity index (χ0n) is 28.7. The Morgan fingerprint density at radius 1 is 0.804 bits per heavy atom. The van der Waals surface area contributed by atoms with E-state index in [2.05, 4.69) is 15.5 Å². The molecule has 2 aromatic rings. The summed E-state index contributed by atoms with van der Waals surface area (Å²) in [6.07, 6.45) is 5.13. The van der Waals surface area contributed by atoms with E-state index in [9.17, 15) is 24.0 Å². The number of carboxylic acid groups (broad SMARTS) is 1. The summed E-state index contributed by atoms with van der Waals surface area (Å²) >= 11 is 4.74. The number of amidine groups is 1. The molecule has 2 aliphatic heterocycles. The quantitative estimate of drug-likeness (QED) is 0.127. The summed E-state index contributed by atoms with van der Waals surface area (Å²) in [4.78, 5) is 65.0. The molecule has 15 heteroatoms. The van der Waals surface area contributed by atoms with E-state index in [0.29, 0.717) is 57.4 Å². The van der Waals surface area contributed by atoms with Crippen LogP contribution in [0.1, 0.15) is 56.1 Å². The Morgan fingerprint density at radius 2 is 1.43 bits per heavy atom. The highest BCUT2D eigenvalue weighted by atomic mass is 35.5. The van der Waals surface area contributed by atoms with Crippen LogP contribution in [0.5, 0.6) is 0 Å². The molecule has 2 aromatic carbocycles. The van der Waals surface area contributed by atoms with Gasteiger partial charge in [0.2, 0.25) is 0 Å². The molecule has 0 spiro atoms. The van der Waals surface area contributed by atoms with Gasteiger partial charge in [0.15, 0.2) is 6.61 Å². The molecule has 0 bridgehead atoms. The molecule has 3 aliphatic rings. The third-order valence-corrected chi connectivity index (χ3v) is 9.31. The van der Waals surface area contributed by atoms with E-state index >= 15 is 0 Å². The number of urea groups is 1. The molecule has 0 aromatic heterocycles. The van der Waals surface area contributed by atoms with Crippen LogP contribution in [-0.2, 0) is 30.5 Å². The highest BCUT2D eigenvalue weighted by molar-refractivity contribution is 6.26. The van der Waals surface area contributed by atoms with Crippen molar-refractivity contribution in [1.82, 2.24) is 20.4 Å². The van der Waals surface area contributed by atoms with E-state index in [0.717, 1.165) is 43.6 Å². The highest BCUT2D eigenvalue weighted by Crippen LogP contribution is 2.26. The first kappa shape index (κ1) is 38.9. The van der Waals surface area contributed by atoms with Crippen molar-refractivity contribution in [3.05, 3.63) is 65.7 Å². The molecule has 0 radical (unpaired) electrons. The molecular formula is C36H47ClN6O8. The molecule has 0 unspecified atom stereocenters. The summed E-state index contributed by atoms with van der Waals surface area (Å²) < 4.78 is 10.5. The van der Waals surface area contributed by atoms with Gasteiger partial charge in [0, 0.05) is 56.6 Å². The first-order chi connectivity index (χ1) is 24.6. The maximum absolute atomic E-state index is 13.0. The number of alkyl halides is 1. The van der Waals surface area contributed by atoms with Crippen LogP contribution < -0.4 is 15.5 Å². The number of esters is 1. The summed E-state index contributed by atoms with van der Waals surface area (Å²) in [6.45, 7) is 3.92. The molecule has 51 heavy (non-hydrogen) atoms. The van der Waals surface area contributed by atoms with Gasteiger partial charge in [-0.25, -0.2) is 9.59 Å². The molecule has 2 saturated heterocycles. The molecule has 3 fully saturated rings. The van der Waals surface area contributed by atoms with Crippen molar-refractivity contribution in [3.63, 3.8) is 0 Å². The number of carbonyl (C=O) groups is 5. The standard InChI is InChI=1S/C34H44N6O6.C2H3ClO2/c35-31(37-34(44)46-23-25-7-3-1-4-8-25)26-11-15-29(16-12-26)38-19-21-40(22-20-38)33(43)36-28-13-9-27(10-14-28)32(42)45-24-30(41)39-17-5-2-6-18-39;3-1-2(4)5/h1,3-4,7-8,11-12,15-16,27-28H,2,5-6,9-10,13-14,17-24H2,(H,36,43)(H2,35,37,44);1H2,(H,4,5)/t27-,28-;. The van der Waals surface area contributed by atoms with Gasteiger partial charge >= 0.3 is 24.1 Å². The Kier molecular flexibility index (Phi) is 15.4. The van der Waals surface area contributed by atoms with Gasteiger partial charge in [0.25, 0.3) is 5.91 Å². The number of hydrogen-bond donors (Lipinski definition) is 4. The Hall–Kier alpha value is -4.85. The lowest BCUT2D eigenvalue weighted by Gasteiger charge is -2.37. The number of alkyl carbamates (subject to hydrolysis) is 1. The number of nitrogens with zero attached hydrogens (tertiary/aromatic N) is 3. The number of carbonyl (C=O) groups excluding carboxylic acids is 4. The third-order valence-electron chi connectivity index (χ3n) is 9.08. The van der Waals surface area contributed by atoms with E-state index in [1.165, 1.54) is 0 Å². The fourth-order valence-corrected chi connectivity index (χ4v) is 6.16. The Balaban J connectivity index is 0.00000109. The lowest BCUT2D eigenvalue weighted by atomic mass is 9.86. The average molecular weight is 727 g/mol. The molecule has 2 heterocycles. The van der Waals surface area contributed by atoms with Crippen molar-refractivity contribution >= 4 is 53.1 Å². The predicted molar refractivity (Wildman–Crippen MR) is 191 cm³/mol. The van der Waals surface area contributed by atoms with E-state index < -0.39 is 12.1 Å². The second kappa shape index (κ2) is 20.1. The number of hydrogen-bond acceptors (Lipinski definition) is 9. The van der Waals surface area contributed by atoms with Crippen LogP contribution in [0.15, 0.2) is 54.6 Å². The van der Waals surface area contributed by atoms with Crippen LogP contribution in [0.25, 0.3) is 0 Å². The average Bonchev–Trinajstić information content (AvgIpc) is 3.17. The van der Waals surface area contributed by atoms with Gasteiger partial charge in [0.05, 0.1) is 5.92 Å². The number of carboxylic acids is 1. The van der Waals surface area contributed by atoms with E-state index in [4.69, 9.17) is 31.6 Å². The Bertz CT molecular complexity index is 1470. The van der Waals surface area contributed by atoms with E-state index in [-0.39, 0.29) is 54.8 Å². The van der Waals surface area contributed by atoms with Gasteiger partial charge in [-0.2, -0.15) is 0 Å². The van der Waals surface area contributed by atoms with Crippen molar-refractivity contribution in [2.45, 2.75) is 57.6 Å². The van der Waals surface area contributed by atoms with Crippen LogP contribution in [0.2, 0.25) is 0 Å². The lowest BCUT2D eigenvalue weighted by Crippen LogP contribution is -2.54. The lowest BCUT2D eigenvalue weighted by molar-refractivity contribution is -0.156. The van der Waals surface area contributed by atoms with Crippen molar-refractivity contribution in [1.29, 1.82) is 5.41 Å². The monoisotopic (exact) mass is 726 g/mol. The summed E-state index contributed by atoms with van der Waals surface area (Å²) in [5, 5.41) is 21.4. The minimum Gasteiger partial charge on any atom is -0.480 e. The van der Waals surface area contributed by atoms with Crippen LogP contribution >= 0.6 is 11.6 Å². The number of nitrogens with one attached hydrogen (secondary N) is 3. The number of rotatable bonds is 9. The van der Waals surface area contributed by atoms with Gasteiger partial charge in [0.1, 0.15) is 18.3 Å². The van der Waals surface area contributed by atoms with Gasteiger partial charge in [-0.15, -0.1) is 11.6 Å². The van der Waals surface area contributed by atoms with E-state index in [1.807, 2.05) is 47.4 Å². The first-order valence-corrected chi connectivity index (χ1v) is 17.9. The number of amides is 4. The second-order valence-electron chi connectivity index (χ2n) is 12.7. The van der Waals surface area contributed by atoms with Gasteiger partial charge in [-0.05, 0) is 74.8 Å². The second-order valence-corrected chi connectivity index (χ2v) is 12.9. The number of ether oxygens (including phenoxy) is 2. The first-order valence-electron chi connectivity index (χ1n) is 17.3. The largest absolute Gasteiger partial charge is 0.480 e. The topological polar surface area (TPSA) is 182 Å². The van der Waals surface area contributed by atoms with Crippen LogP contribution in [0, 0.1) is 11.3 Å². The maximum Gasteiger partial charge on any atom is 0.413 e. The predicted octanol–water partition coefficient (Wildman–Crippen LogP) is 4.19. The van der Waals surface area contributed by atoms with Gasteiger partial charge in [-0.3, -0.25) is 25.1 Å². The van der Waals surface area contributed by atoms with Crippen molar-refractivity contribution in [2.24, 2.45) is 5.92 Å². The Labute approximate surface area is 302 Å². The zero-order chi connectivity index (χ0) is 36.6. The van der Waals surface area contributed by atoms with Crippen LogP contribution in [-0.4, -0.2) is 109 Å². The fraction of sp³-hybridized carbons (Fsp3) is 0.500. The van der Waals surface area contributed by atoms with Crippen LogP contribution in [0.4, 0.5) is 15.3 Å². The normalized spacial score (nSPS) is 18.7. The molecule has 1 saturated carbocycles. The molecule has 5 rings (SSSR count). The smallest absolute Gasteiger partial charge is 0.413 e. The summed E-state index contributed by atoms with van der Waals surface area (Å²) in [7, 11) is 0. The van der Waals surface area contributed by atoms with Gasteiger partial charge < -0.3 is 34.6 Å². The molecule has 276 valence electrons. The number of likely N-dealkylation sites (tertiary alicyclic amines) is 1. The Morgan fingerprint density at radius 3 is 2.04 bits per heavy atom. The van der Waals surface area contributed by atoms with Crippen molar-refractivity contribution < 1.29 is 38.6 Å². The minimum absolute atomic E-state index is 0.0108. The zero-order valence-corrected chi connectivity index (χ0v) is 29.4. The van der Waals surface area contributed by atoms with Gasteiger partial charge in [-0.1, -0.05) is 30.3 Å². The number of anilines is 1. The number of benzene rings is 2. The fourth-order valence-electron chi connectivity index (χ4n) is 6.16. The number of piperidine rings is 1. The number of halogens is 1. The summed E-state index contributed by atoms with van der Waals surface area (Å²) in [6, 6.07) is 16.7. The maximum atomic E-state index is 13.0. The third kappa shape index (κ3) is 12.8. The number of piperazine rings is 1. The summed E-state index contributed by atoms with van der Waals surface area (Å²) in [5.41, 5.74) is 2.41. The highest BCUT2D eigenvalue weighted by Gasteiger charge is 2.30. The molecule has 0 atom stereocenters. The molecule has 1 aliphatic carbocycles. The molecular weight excluding hydrogens is 680 g/mol. The van der Waals surface area contributed by atoms with Crippen molar-refractivity contribution in [2.75, 3.05) is 56.7 Å². The number of aliphatic carboxylic acids is 1. The van der Waals surface area contributed by atoms with Crippen LogP contribution in [0.3, 0.4) is 0 Å².